The molecule has 0 radical (unpaired) electrons. The third-order valence-corrected chi connectivity index (χ3v) is 8.88. The molecule has 2 amide bonds. The lowest BCUT2D eigenvalue weighted by molar-refractivity contribution is -0.134. The van der Waals surface area contributed by atoms with Crippen LogP contribution in [0.25, 0.3) is 10.9 Å². The Balaban J connectivity index is 0.988. The average molecular weight is 670 g/mol. The van der Waals surface area contributed by atoms with Gasteiger partial charge in [0.15, 0.2) is 11.5 Å². The number of carbonyl (C=O) groups is 2. The van der Waals surface area contributed by atoms with Crippen molar-refractivity contribution in [1.82, 2.24) is 20.2 Å². The first-order valence-corrected chi connectivity index (χ1v) is 16.5. The predicted molar refractivity (Wildman–Crippen MR) is 180 cm³/mol. The molecule has 0 spiro atoms. The van der Waals surface area contributed by atoms with Gasteiger partial charge in [0.05, 0.1) is 32.4 Å². The molecule has 1 saturated carbocycles. The summed E-state index contributed by atoms with van der Waals surface area (Å²) in [7, 11) is 1.60. The molecule has 7 rings (SSSR count). The highest BCUT2D eigenvalue weighted by molar-refractivity contribution is 6.13. The number of anilines is 1. The summed E-state index contributed by atoms with van der Waals surface area (Å²) in [6, 6.07) is 16.1. The monoisotopic (exact) mass is 669 g/mol. The topological polar surface area (TPSA) is 143 Å². The van der Waals surface area contributed by atoms with E-state index in [4.69, 9.17) is 28.4 Å². The van der Waals surface area contributed by atoms with Gasteiger partial charge in [-0.2, -0.15) is 0 Å². The molecule has 1 aliphatic carbocycles. The summed E-state index contributed by atoms with van der Waals surface area (Å²) in [5, 5.41) is 6.37. The van der Waals surface area contributed by atoms with Crippen LogP contribution in [0.1, 0.15) is 24.8 Å². The normalized spacial score (nSPS) is 16.4. The quantitative estimate of drug-likeness (QED) is 0.155. The van der Waals surface area contributed by atoms with E-state index in [9.17, 15) is 9.59 Å². The lowest BCUT2D eigenvalue weighted by Gasteiger charge is -2.26. The Labute approximate surface area is 283 Å². The molecular weight excluding hydrogens is 630 g/mol. The fourth-order valence-corrected chi connectivity index (χ4v) is 5.91. The summed E-state index contributed by atoms with van der Waals surface area (Å²) in [5.41, 5.74) is 0.986. The van der Waals surface area contributed by atoms with Crippen LogP contribution in [0.15, 0.2) is 60.9 Å². The Kier molecular flexibility index (Phi) is 9.62. The fourth-order valence-electron chi connectivity index (χ4n) is 5.91. The van der Waals surface area contributed by atoms with Gasteiger partial charge in [-0.3, -0.25) is 14.5 Å². The number of amides is 2. The second-order valence-electron chi connectivity index (χ2n) is 12.2. The number of carbonyl (C=O) groups excluding carboxylic acids is 2. The summed E-state index contributed by atoms with van der Waals surface area (Å²) in [6.45, 7) is 5.94. The number of nitrogens with one attached hydrogen (secondary N) is 2. The highest BCUT2D eigenvalue weighted by atomic mass is 16.6. The molecular formula is C36H39N5O8. The molecule has 3 aliphatic rings. The largest absolute Gasteiger partial charge is 0.497 e. The SMILES string of the molecule is COc1ccc(CNC(=O)C2(C(=O)Nc3ccc(Oc4ncnc5cc(OCCCN6CCOCC6)c6c(c45)OCCO6)cc3)CC2)cc1. The third-order valence-electron chi connectivity index (χ3n) is 8.88. The Morgan fingerprint density at radius 3 is 2.37 bits per heavy atom. The van der Waals surface area contributed by atoms with Crippen LogP contribution in [-0.2, 0) is 20.9 Å². The van der Waals surface area contributed by atoms with Gasteiger partial charge in [0.2, 0.25) is 23.4 Å². The van der Waals surface area contributed by atoms with E-state index in [1.165, 1.54) is 6.33 Å². The number of methoxy groups -OCH3 is 1. The first-order valence-electron chi connectivity index (χ1n) is 16.5. The lowest BCUT2D eigenvalue weighted by Crippen LogP contribution is -2.39. The first-order chi connectivity index (χ1) is 24.0. The molecule has 0 atom stereocenters. The number of rotatable bonds is 13. The summed E-state index contributed by atoms with van der Waals surface area (Å²) < 4.78 is 35.0. The number of nitrogens with zero attached hydrogens (tertiary/aromatic N) is 3. The number of ether oxygens (including phenoxy) is 6. The van der Waals surface area contributed by atoms with E-state index in [-0.39, 0.29) is 11.8 Å². The van der Waals surface area contributed by atoms with E-state index < -0.39 is 5.41 Å². The number of aromatic nitrogens is 2. The van der Waals surface area contributed by atoms with Crippen LogP contribution in [-0.4, -0.2) is 86.5 Å². The van der Waals surface area contributed by atoms with Crippen molar-refractivity contribution in [2.45, 2.75) is 25.8 Å². The number of fused-ring (bicyclic) bond motifs is 3. The highest BCUT2D eigenvalue weighted by Gasteiger charge is 2.56. The maximum absolute atomic E-state index is 13.2. The minimum absolute atomic E-state index is 0.285. The number of morpholine rings is 1. The molecule has 1 saturated heterocycles. The second-order valence-corrected chi connectivity index (χ2v) is 12.2. The van der Waals surface area contributed by atoms with Crippen molar-refractivity contribution in [1.29, 1.82) is 0 Å². The molecule has 13 heteroatoms. The van der Waals surface area contributed by atoms with Crippen molar-refractivity contribution in [3.8, 4) is 34.6 Å². The van der Waals surface area contributed by atoms with Crippen LogP contribution in [0.2, 0.25) is 0 Å². The molecule has 3 heterocycles. The van der Waals surface area contributed by atoms with Gasteiger partial charge in [-0.15, -0.1) is 0 Å². The molecule has 1 aromatic heterocycles. The van der Waals surface area contributed by atoms with Gasteiger partial charge < -0.3 is 39.1 Å². The maximum atomic E-state index is 13.2. The predicted octanol–water partition coefficient (Wildman–Crippen LogP) is 4.34. The van der Waals surface area contributed by atoms with Crippen molar-refractivity contribution in [2.24, 2.45) is 5.41 Å². The van der Waals surface area contributed by atoms with Crippen molar-refractivity contribution in [2.75, 3.05) is 65.1 Å². The lowest BCUT2D eigenvalue weighted by atomic mass is 10.0. The molecule has 256 valence electrons. The molecule has 0 bridgehead atoms. The van der Waals surface area contributed by atoms with Gasteiger partial charge in [0, 0.05) is 37.9 Å². The average Bonchev–Trinajstić information content (AvgIpc) is 3.96. The molecule has 4 aromatic rings. The summed E-state index contributed by atoms with van der Waals surface area (Å²) in [5.74, 6) is 2.46. The van der Waals surface area contributed by atoms with Crippen LogP contribution in [0, 0.1) is 5.41 Å². The van der Waals surface area contributed by atoms with Gasteiger partial charge in [-0.25, -0.2) is 9.97 Å². The van der Waals surface area contributed by atoms with E-state index in [2.05, 4.69) is 25.5 Å². The van der Waals surface area contributed by atoms with Crippen LogP contribution < -0.4 is 34.3 Å². The summed E-state index contributed by atoms with van der Waals surface area (Å²) >= 11 is 0. The Hall–Kier alpha value is -5.14. The summed E-state index contributed by atoms with van der Waals surface area (Å²) in [6.07, 6.45) is 3.28. The van der Waals surface area contributed by atoms with Crippen LogP contribution >= 0.6 is 0 Å². The standard InChI is InChI=1S/C36H39N5O8/c1-44-26-7-3-24(4-8-26)22-37-34(42)36(11-12-36)35(43)40-25-5-9-27(10-6-25)49-33-30-28(38-23-39-33)21-29(31-32(30)48-20-19-47-31)46-16-2-13-41-14-17-45-18-15-41/h3-10,21,23H,2,11-20,22H2,1H3,(H,37,42)(H,40,43). The van der Waals surface area contributed by atoms with Crippen molar-refractivity contribution >= 4 is 28.4 Å². The third kappa shape index (κ3) is 7.32. The van der Waals surface area contributed by atoms with Crippen LogP contribution in [0.4, 0.5) is 5.69 Å². The molecule has 2 aliphatic heterocycles. The minimum atomic E-state index is -1.08. The Bertz CT molecular complexity index is 1790. The molecule has 49 heavy (non-hydrogen) atoms. The molecule has 2 N–H and O–H groups in total. The Morgan fingerprint density at radius 1 is 0.898 bits per heavy atom. The van der Waals surface area contributed by atoms with E-state index in [0.29, 0.717) is 84.7 Å². The van der Waals surface area contributed by atoms with Gasteiger partial charge in [0.25, 0.3) is 0 Å². The highest BCUT2D eigenvalue weighted by Crippen LogP contribution is 2.48. The minimum Gasteiger partial charge on any atom is -0.497 e. The van der Waals surface area contributed by atoms with E-state index in [1.807, 2.05) is 30.3 Å². The van der Waals surface area contributed by atoms with Gasteiger partial charge in [0.1, 0.15) is 41.8 Å². The van der Waals surface area contributed by atoms with Crippen LogP contribution in [0.5, 0.6) is 34.6 Å². The zero-order valence-corrected chi connectivity index (χ0v) is 27.4. The van der Waals surface area contributed by atoms with E-state index in [1.54, 1.807) is 31.4 Å². The number of hydrogen-bond donors (Lipinski definition) is 2. The fraction of sp³-hybridized carbons (Fsp3) is 0.389. The smallest absolute Gasteiger partial charge is 0.240 e. The Morgan fingerprint density at radius 2 is 1.63 bits per heavy atom. The van der Waals surface area contributed by atoms with Crippen LogP contribution in [0.3, 0.4) is 0 Å². The molecule has 0 unspecified atom stereocenters. The van der Waals surface area contributed by atoms with Gasteiger partial charge >= 0.3 is 0 Å². The number of hydrogen-bond acceptors (Lipinski definition) is 11. The second kappa shape index (κ2) is 14.5. The zero-order chi connectivity index (χ0) is 33.6. The molecule has 2 fully saturated rings. The van der Waals surface area contributed by atoms with E-state index >= 15 is 0 Å². The first kappa shape index (κ1) is 32.4. The molecule has 13 nitrogen and oxygen atoms in total. The van der Waals surface area contributed by atoms with E-state index in [0.717, 1.165) is 50.6 Å². The zero-order valence-electron chi connectivity index (χ0n) is 27.4. The van der Waals surface area contributed by atoms with Crippen molar-refractivity contribution in [3.05, 3.63) is 66.5 Å². The maximum Gasteiger partial charge on any atom is 0.240 e. The summed E-state index contributed by atoms with van der Waals surface area (Å²) in [4.78, 5) is 37.4. The molecule has 3 aromatic carbocycles. The number of benzene rings is 3. The van der Waals surface area contributed by atoms with Gasteiger partial charge in [-0.05, 0) is 61.2 Å². The van der Waals surface area contributed by atoms with Crippen molar-refractivity contribution in [3.63, 3.8) is 0 Å². The van der Waals surface area contributed by atoms with Gasteiger partial charge in [-0.1, -0.05) is 12.1 Å². The van der Waals surface area contributed by atoms with Crippen molar-refractivity contribution < 1.29 is 38.0 Å².